The molecule has 3 amide bonds. The maximum absolute atomic E-state index is 13.3. The van der Waals surface area contributed by atoms with Gasteiger partial charge < -0.3 is 21.1 Å². The second-order valence-electron chi connectivity index (χ2n) is 10.7. The Bertz CT molecular complexity index is 1050. The van der Waals surface area contributed by atoms with E-state index in [2.05, 4.69) is 16.0 Å². The van der Waals surface area contributed by atoms with Crippen LogP contribution in [0, 0.1) is 0 Å². The zero-order valence-corrected chi connectivity index (χ0v) is 20.6. The number of benzene rings is 2. The molecular weight excluding hydrogens is 414 g/mol. The molecule has 176 valence electrons. The number of rotatable bonds is 4. The van der Waals surface area contributed by atoms with E-state index in [0.29, 0.717) is 17.8 Å². The average molecular weight is 450 g/mol. The number of aromatic hydroxyl groups is 1. The van der Waals surface area contributed by atoms with Gasteiger partial charge in [-0.2, -0.15) is 0 Å². The van der Waals surface area contributed by atoms with E-state index in [4.69, 9.17) is 0 Å². The molecule has 0 aromatic heterocycles. The molecule has 1 aliphatic rings. The van der Waals surface area contributed by atoms with Crippen LogP contribution >= 0.6 is 0 Å². The molecule has 4 N–H and O–H groups in total. The number of urea groups is 1. The van der Waals surface area contributed by atoms with E-state index in [1.807, 2.05) is 84.0 Å². The smallest absolute Gasteiger partial charge is 0.319 e. The molecule has 1 aliphatic heterocycles. The van der Waals surface area contributed by atoms with E-state index in [0.717, 1.165) is 22.3 Å². The first-order chi connectivity index (χ1) is 15.3. The SMILES string of the molecule is CC1=C(C(=O)NCc2ccccc2)[C@@H](c2cc(C(C)(C)C)c(O)c(C(C)(C)C)c2)NC(=O)N1. The van der Waals surface area contributed by atoms with E-state index >= 15 is 0 Å². The molecule has 33 heavy (non-hydrogen) atoms. The van der Waals surface area contributed by atoms with Crippen molar-refractivity contribution in [1.29, 1.82) is 0 Å². The first-order valence-electron chi connectivity index (χ1n) is 11.3. The lowest BCUT2D eigenvalue weighted by molar-refractivity contribution is -0.118. The lowest BCUT2D eigenvalue weighted by Gasteiger charge is -2.33. The summed E-state index contributed by atoms with van der Waals surface area (Å²) in [5.41, 5.74) is 3.62. The largest absolute Gasteiger partial charge is 0.507 e. The molecule has 0 saturated heterocycles. The normalized spacial score (nSPS) is 16.8. The Labute approximate surface area is 196 Å². The van der Waals surface area contributed by atoms with Gasteiger partial charge in [0.25, 0.3) is 5.91 Å². The molecule has 1 heterocycles. The summed E-state index contributed by atoms with van der Waals surface area (Å²) in [4.78, 5) is 25.7. The van der Waals surface area contributed by atoms with Crippen LogP contribution in [0.2, 0.25) is 0 Å². The van der Waals surface area contributed by atoms with Crippen LogP contribution < -0.4 is 16.0 Å². The number of amides is 3. The van der Waals surface area contributed by atoms with Crippen molar-refractivity contribution in [3.8, 4) is 5.75 Å². The highest BCUT2D eigenvalue weighted by atomic mass is 16.3. The van der Waals surface area contributed by atoms with Gasteiger partial charge in [0, 0.05) is 12.2 Å². The molecule has 2 aromatic carbocycles. The second kappa shape index (κ2) is 8.93. The van der Waals surface area contributed by atoms with Gasteiger partial charge >= 0.3 is 6.03 Å². The minimum atomic E-state index is -0.641. The fraction of sp³-hybridized carbons (Fsp3) is 0.407. The number of phenols is 1. The molecule has 2 aromatic rings. The van der Waals surface area contributed by atoms with Crippen LogP contribution in [0.5, 0.6) is 5.75 Å². The fourth-order valence-electron chi connectivity index (χ4n) is 4.09. The summed E-state index contributed by atoms with van der Waals surface area (Å²) in [7, 11) is 0. The summed E-state index contributed by atoms with van der Waals surface area (Å²) in [6.45, 7) is 14.3. The van der Waals surface area contributed by atoms with Crippen LogP contribution in [-0.4, -0.2) is 17.0 Å². The molecule has 0 radical (unpaired) electrons. The Balaban J connectivity index is 2.07. The molecule has 6 nitrogen and oxygen atoms in total. The first kappa shape index (κ1) is 24.4. The van der Waals surface area contributed by atoms with Crippen LogP contribution in [0.15, 0.2) is 53.7 Å². The Morgan fingerprint density at radius 3 is 2.06 bits per heavy atom. The highest BCUT2D eigenvalue weighted by Gasteiger charge is 2.34. The van der Waals surface area contributed by atoms with Gasteiger partial charge in [0.2, 0.25) is 0 Å². The lowest BCUT2D eigenvalue weighted by atomic mass is 9.77. The molecule has 1 atom stereocenters. The summed E-state index contributed by atoms with van der Waals surface area (Å²) >= 11 is 0. The van der Waals surface area contributed by atoms with Gasteiger partial charge in [-0.1, -0.05) is 71.9 Å². The minimum absolute atomic E-state index is 0.253. The van der Waals surface area contributed by atoms with Crippen molar-refractivity contribution in [2.75, 3.05) is 0 Å². The summed E-state index contributed by atoms with van der Waals surface area (Å²) in [6, 6.07) is 12.5. The van der Waals surface area contributed by atoms with Crippen LogP contribution in [-0.2, 0) is 22.2 Å². The zero-order valence-electron chi connectivity index (χ0n) is 20.6. The number of hydrogen-bond acceptors (Lipinski definition) is 3. The van der Waals surface area contributed by atoms with Crippen molar-refractivity contribution in [2.24, 2.45) is 0 Å². The van der Waals surface area contributed by atoms with Crippen molar-refractivity contribution in [1.82, 2.24) is 16.0 Å². The first-order valence-corrected chi connectivity index (χ1v) is 11.3. The van der Waals surface area contributed by atoms with E-state index in [1.54, 1.807) is 6.92 Å². The van der Waals surface area contributed by atoms with Crippen molar-refractivity contribution in [3.63, 3.8) is 0 Å². The molecule has 0 saturated carbocycles. The molecule has 0 fully saturated rings. The van der Waals surface area contributed by atoms with Gasteiger partial charge in [0.1, 0.15) is 5.75 Å². The van der Waals surface area contributed by atoms with Crippen molar-refractivity contribution in [2.45, 2.75) is 71.9 Å². The third-order valence-electron chi connectivity index (χ3n) is 5.89. The molecular formula is C27H35N3O3. The number of carbonyl (C=O) groups is 2. The Morgan fingerprint density at radius 1 is 1.00 bits per heavy atom. The van der Waals surface area contributed by atoms with Gasteiger partial charge in [0.15, 0.2) is 0 Å². The fourth-order valence-corrected chi connectivity index (χ4v) is 4.09. The predicted molar refractivity (Wildman–Crippen MR) is 131 cm³/mol. The zero-order chi connectivity index (χ0) is 24.6. The maximum atomic E-state index is 13.3. The number of carbonyl (C=O) groups excluding carboxylic acids is 2. The third-order valence-corrected chi connectivity index (χ3v) is 5.89. The lowest BCUT2D eigenvalue weighted by Crippen LogP contribution is -2.47. The second-order valence-corrected chi connectivity index (χ2v) is 10.7. The van der Waals surface area contributed by atoms with Gasteiger partial charge in [0.05, 0.1) is 11.6 Å². The topological polar surface area (TPSA) is 90.5 Å². The minimum Gasteiger partial charge on any atom is -0.507 e. The van der Waals surface area contributed by atoms with Crippen LogP contribution in [0.4, 0.5) is 4.79 Å². The Morgan fingerprint density at radius 2 is 1.55 bits per heavy atom. The summed E-state index contributed by atoms with van der Waals surface area (Å²) < 4.78 is 0. The standard InChI is InChI=1S/C27H35N3O3/c1-16-21(24(32)28-15-17-11-9-8-10-12-17)22(30-25(33)29-16)18-13-19(26(2,3)4)23(31)20(14-18)27(5,6)7/h8-14,22,31H,15H2,1-7H3,(H,28,32)(H2,29,30,33)/t22-/m1/s1. The Hall–Kier alpha value is -3.28. The quantitative estimate of drug-likeness (QED) is 0.533. The van der Waals surface area contributed by atoms with Gasteiger partial charge in [-0.15, -0.1) is 0 Å². The van der Waals surface area contributed by atoms with Crippen molar-refractivity contribution < 1.29 is 14.7 Å². The molecule has 3 rings (SSSR count). The van der Waals surface area contributed by atoms with Gasteiger partial charge in [-0.3, -0.25) is 4.79 Å². The van der Waals surface area contributed by atoms with E-state index in [9.17, 15) is 14.7 Å². The highest BCUT2D eigenvalue weighted by molar-refractivity contribution is 5.98. The van der Waals surface area contributed by atoms with E-state index in [1.165, 1.54) is 0 Å². The average Bonchev–Trinajstić information content (AvgIpc) is 2.70. The highest BCUT2D eigenvalue weighted by Crippen LogP contribution is 2.42. The van der Waals surface area contributed by atoms with Crippen LogP contribution in [0.25, 0.3) is 0 Å². The predicted octanol–water partition coefficient (Wildman–Crippen LogP) is 4.93. The Kier molecular flexibility index (Phi) is 6.59. The number of nitrogens with one attached hydrogen (secondary N) is 3. The molecule has 6 heteroatoms. The van der Waals surface area contributed by atoms with E-state index < -0.39 is 6.04 Å². The summed E-state index contributed by atoms with van der Waals surface area (Å²) in [5.74, 6) is 0.00587. The van der Waals surface area contributed by atoms with Gasteiger partial charge in [-0.05, 0) is 52.1 Å². The number of phenolic OH excluding ortho intramolecular Hbond substituents is 1. The molecule has 0 unspecified atom stereocenters. The molecule has 0 bridgehead atoms. The van der Waals surface area contributed by atoms with Crippen molar-refractivity contribution in [3.05, 3.63) is 76.0 Å². The number of allylic oxidation sites excluding steroid dienone is 1. The molecule has 0 aliphatic carbocycles. The maximum Gasteiger partial charge on any atom is 0.319 e. The van der Waals surface area contributed by atoms with Crippen LogP contribution in [0.3, 0.4) is 0 Å². The molecule has 0 spiro atoms. The third kappa shape index (κ3) is 5.38. The van der Waals surface area contributed by atoms with Crippen molar-refractivity contribution >= 4 is 11.9 Å². The number of hydrogen-bond donors (Lipinski definition) is 4. The summed E-state index contributed by atoms with van der Waals surface area (Å²) in [5, 5.41) is 19.7. The van der Waals surface area contributed by atoms with Crippen LogP contribution in [0.1, 0.15) is 76.8 Å². The monoisotopic (exact) mass is 449 g/mol. The van der Waals surface area contributed by atoms with E-state index in [-0.39, 0.29) is 28.5 Å². The van der Waals surface area contributed by atoms with Gasteiger partial charge in [-0.25, -0.2) is 4.79 Å². The summed E-state index contributed by atoms with van der Waals surface area (Å²) in [6.07, 6.45) is 0.